The molecule has 0 bridgehead atoms. The summed E-state index contributed by atoms with van der Waals surface area (Å²) in [5.41, 5.74) is 2.51. The summed E-state index contributed by atoms with van der Waals surface area (Å²) < 4.78 is 6.69. The molecule has 68 valence electrons. The lowest BCUT2D eigenvalue weighted by Gasteiger charge is -2.08. The molecule has 0 radical (unpaired) electrons. The summed E-state index contributed by atoms with van der Waals surface area (Å²) in [7, 11) is 0. The fraction of sp³-hybridized carbons (Fsp3) is 0.273. The van der Waals surface area contributed by atoms with Gasteiger partial charge in [-0.15, -0.1) is 0 Å². The number of benzene rings is 1. The first-order valence-electron chi connectivity index (χ1n) is 4.37. The topological polar surface area (TPSA) is 9.23 Å². The Morgan fingerprint density at radius 1 is 1.38 bits per heavy atom. The van der Waals surface area contributed by atoms with Crippen molar-refractivity contribution in [1.29, 1.82) is 0 Å². The van der Waals surface area contributed by atoms with Gasteiger partial charge in [0.2, 0.25) is 0 Å². The number of rotatable bonds is 0. The van der Waals surface area contributed by atoms with Gasteiger partial charge < -0.3 is 4.74 Å². The highest BCUT2D eigenvalue weighted by Gasteiger charge is 2.08. The molecule has 13 heavy (non-hydrogen) atoms. The van der Waals surface area contributed by atoms with Crippen LogP contribution in [0.2, 0.25) is 0 Å². The zero-order chi connectivity index (χ0) is 9.26. The Kier molecular flexibility index (Phi) is 2.40. The van der Waals surface area contributed by atoms with Gasteiger partial charge in [0.1, 0.15) is 5.75 Å². The van der Waals surface area contributed by atoms with E-state index < -0.39 is 0 Å². The van der Waals surface area contributed by atoms with Crippen molar-refractivity contribution < 1.29 is 4.74 Å². The van der Waals surface area contributed by atoms with E-state index in [0.717, 1.165) is 23.2 Å². The molecule has 0 aliphatic carbocycles. The predicted octanol–water partition coefficient (Wildman–Crippen LogP) is 3.63. The van der Waals surface area contributed by atoms with E-state index in [1.54, 1.807) is 0 Å². The summed E-state index contributed by atoms with van der Waals surface area (Å²) in [4.78, 5) is 0. The zero-order valence-electron chi connectivity index (χ0n) is 7.51. The molecule has 2 heteroatoms. The maximum atomic E-state index is 5.62. The Morgan fingerprint density at radius 3 is 3.08 bits per heavy atom. The Bertz CT molecular complexity index is 355. The van der Waals surface area contributed by atoms with Crippen LogP contribution in [0.5, 0.6) is 5.75 Å². The highest BCUT2D eigenvalue weighted by molar-refractivity contribution is 9.10. The van der Waals surface area contributed by atoms with Gasteiger partial charge in [-0.3, -0.25) is 0 Å². The second kappa shape index (κ2) is 3.54. The normalized spacial score (nSPS) is 15.4. The van der Waals surface area contributed by atoms with Gasteiger partial charge in [0.25, 0.3) is 0 Å². The number of hydrogen-bond acceptors (Lipinski definition) is 1. The average Bonchev–Trinajstić information content (AvgIpc) is 2.28. The van der Waals surface area contributed by atoms with Crippen LogP contribution in [0.1, 0.15) is 18.9 Å². The van der Waals surface area contributed by atoms with Crippen molar-refractivity contribution in [2.45, 2.75) is 13.3 Å². The monoisotopic (exact) mass is 238 g/mol. The molecule has 0 atom stereocenters. The van der Waals surface area contributed by atoms with Crippen molar-refractivity contribution >= 4 is 21.5 Å². The Labute approximate surface area is 86.5 Å². The standard InChI is InChI=1S/C11H11BrO/c1-8-3-2-6-13-11-7-9(12)4-5-10(8)11/h3-5,7H,2,6H2,1H3. The lowest BCUT2D eigenvalue weighted by Crippen LogP contribution is -1.94. The molecule has 1 aromatic rings. The van der Waals surface area contributed by atoms with Gasteiger partial charge in [-0.05, 0) is 30.7 Å². The van der Waals surface area contributed by atoms with Gasteiger partial charge in [0.05, 0.1) is 6.61 Å². The molecule has 0 aromatic heterocycles. The summed E-state index contributed by atoms with van der Waals surface area (Å²) in [6.07, 6.45) is 3.22. The Hall–Kier alpha value is -0.760. The van der Waals surface area contributed by atoms with Gasteiger partial charge in [0.15, 0.2) is 0 Å². The van der Waals surface area contributed by atoms with Crippen LogP contribution < -0.4 is 4.74 Å². The van der Waals surface area contributed by atoms with Gasteiger partial charge in [-0.2, -0.15) is 0 Å². The van der Waals surface area contributed by atoms with E-state index in [9.17, 15) is 0 Å². The molecule has 1 heterocycles. The summed E-state index contributed by atoms with van der Waals surface area (Å²) >= 11 is 3.44. The number of ether oxygens (including phenoxy) is 1. The molecule has 0 amide bonds. The van der Waals surface area contributed by atoms with E-state index >= 15 is 0 Å². The van der Waals surface area contributed by atoms with Gasteiger partial charge >= 0.3 is 0 Å². The quantitative estimate of drug-likeness (QED) is 0.671. The highest BCUT2D eigenvalue weighted by Crippen LogP contribution is 2.31. The van der Waals surface area contributed by atoms with Crippen LogP contribution in [0.15, 0.2) is 28.7 Å². The van der Waals surface area contributed by atoms with Crippen molar-refractivity contribution in [3.63, 3.8) is 0 Å². The molecule has 1 aliphatic heterocycles. The minimum atomic E-state index is 0.779. The fourth-order valence-electron chi connectivity index (χ4n) is 1.50. The predicted molar refractivity (Wildman–Crippen MR) is 57.9 cm³/mol. The summed E-state index contributed by atoms with van der Waals surface area (Å²) in [5, 5.41) is 0. The number of fused-ring (bicyclic) bond motifs is 1. The molecule has 0 unspecified atom stereocenters. The van der Waals surface area contributed by atoms with E-state index in [2.05, 4.69) is 35.0 Å². The fourth-order valence-corrected chi connectivity index (χ4v) is 1.84. The van der Waals surface area contributed by atoms with E-state index in [0.29, 0.717) is 0 Å². The summed E-state index contributed by atoms with van der Waals surface area (Å²) in [6, 6.07) is 6.17. The van der Waals surface area contributed by atoms with E-state index in [1.807, 2.05) is 12.1 Å². The second-order valence-electron chi connectivity index (χ2n) is 3.16. The molecule has 0 spiro atoms. The summed E-state index contributed by atoms with van der Waals surface area (Å²) in [5.74, 6) is 0.987. The number of hydrogen-bond donors (Lipinski definition) is 0. The molecular formula is C11H11BrO. The lowest BCUT2D eigenvalue weighted by atomic mass is 10.1. The molecule has 1 aromatic carbocycles. The summed E-state index contributed by atoms with van der Waals surface area (Å²) in [6.45, 7) is 2.90. The lowest BCUT2D eigenvalue weighted by molar-refractivity contribution is 0.326. The number of halogens is 1. The van der Waals surface area contributed by atoms with Crippen LogP contribution in [-0.4, -0.2) is 6.61 Å². The highest BCUT2D eigenvalue weighted by atomic mass is 79.9. The molecule has 0 fully saturated rings. The Balaban J connectivity index is 2.52. The maximum absolute atomic E-state index is 5.62. The van der Waals surface area contributed by atoms with Crippen LogP contribution in [0.4, 0.5) is 0 Å². The largest absolute Gasteiger partial charge is 0.493 e. The van der Waals surface area contributed by atoms with Crippen LogP contribution in [0.3, 0.4) is 0 Å². The minimum Gasteiger partial charge on any atom is -0.493 e. The molecule has 1 nitrogen and oxygen atoms in total. The third kappa shape index (κ3) is 1.78. The van der Waals surface area contributed by atoms with Crippen molar-refractivity contribution in [2.24, 2.45) is 0 Å². The van der Waals surface area contributed by atoms with Crippen LogP contribution in [0.25, 0.3) is 5.57 Å². The number of allylic oxidation sites excluding steroid dienone is 1. The maximum Gasteiger partial charge on any atom is 0.127 e. The van der Waals surface area contributed by atoms with E-state index in [-0.39, 0.29) is 0 Å². The smallest absolute Gasteiger partial charge is 0.127 e. The third-order valence-corrected chi connectivity index (χ3v) is 2.69. The van der Waals surface area contributed by atoms with Crippen molar-refractivity contribution in [2.75, 3.05) is 6.61 Å². The van der Waals surface area contributed by atoms with Crippen molar-refractivity contribution in [1.82, 2.24) is 0 Å². The minimum absolute atomic E-state index is 0.779. The molecular weight excluding hydrogens is 228 g/mol. The van der Waals surface area contributed by atoms with Gasteiger partial charge in [-0.1, -0.05) is 22.0 Å². The van der Waals surface area contributed by atoms with Crippen LogP contribution in [0, 0.1) is 0 Å². The van der Waals surface area contributed by atoms with E-state index in [1.165, 1.54) is 11.1 Å². The van der Waals surface area contributed by atoms with Crippen LogP contribution >= 0.6 is 15.9 Å². The molecule has 0 saturated heterocycles. The molecule has 0 saturated carbocycles. The Morgan fingerprint density at radius 2 is 2.23 bits per heavy atom. The third-order valence-electron chi connectivity index (χ3n) is 2.19. The van der Waals surface area contributed by atoms with Gasteiger partial charge in [0, 0.05) is 16.5 Å². The van der Waals surface area contributed by atoms with Crippen LogP contribution in [-0.2, 0) is 0 Å². The second-order valence-corrected chi connectivity index (χ2v) is 4.08. The first-order valence-corrected chi connectivity index (χ1v) is 5.16. The molecule has 2 rings (SSSR count). The van der Waals surface area contributed by atoms with Crippen molar-refractivity contribution in [3.05, 3.63) is 34.3 Å². The molecule has 0 N–H and O–H groups in total. The SMILES string of the molecule is CC1=CCCOc2cc(Br)ccc21. The van der Waals surface area contributed by atoms with Gasteiger partial charge in [-0.25, -0.2) is 0 Å². The zero-order valence-corrected chi connectivity index (χ0v) is 9.10. The molecule has 1 aliphatic rings. The van der Waals surface area contributed by atoms with E-state index in [4.69, 9.17) is 4.74 Å². The average molecular weight is 239 g/mol. The van der Waals surface area contributed by atoms with Crippen molar-refractivity contribution in [3.8, 4) is 5.75 Å². The first kappa shape index (κ1) is 8.82. The first-order chi connectivity index (χ1) is 6.27.